The third-order valence-electron chi connectivity index (χ3n) is 5.77. The zero-order valence-electron chi connectivity index (χ0n) is 13.2. The molecule has 21 heavy (non-hydrogen) atoms. The highest BCUT2D eigenvalue weighted by molar-refractivity contribution is 5.75. The van der Waals surface area contributed by atoms with Crippen molar-refractivity contribution in [2.24, 2.45) is 29.6 Å². The van der Waals surface area contributed by atoms with Crippen LogP contribution in [0.3, 0.4) is 0 Å². The Labute approximate surface area is 125 Å². The van der Waals surface area contributed by atoms with Crippen molar-refractivity contribution < 1.29 is 19.1 Å². The summed E-state index contributed by atoms with van der Waals surface area (Å²) >= 11 is 0. The topological polar surface area (TPSA) is 52.6 Å². The lowest BCUT2D eigenvalue weighted by Crippen LogP contribution is -2.43. The van der Waals surface area contributed by atoms with Gasteiger partial charge < -0.3 is 9.47 Å². The molecule has 0 bridgehead atoms. The summed E-state index contributed by atoms with van der Waals surface area (Å²) in [5.41, 5.74) is -0.492. The van der Waals surface area contributed by atoms with Gasteiger partial charge in [0.15, 0.2) is 0 Å². The fraction of sp³-hybridized carbons (Fsp3) is 0.765. The molecule has 0 aromatic heterocycles. The van der Waals surface area contributed by atoms with Crippen molar-refractivity contribution in [2.75, 3.05) is 0 Å². The molecule has 0 unspecified atom stereocenters. The molecule has 0 aromatic rings. The molecule has 1 saturated carbocycles. The van der Waals surface area contributed by atoms with E-state index in [0.717, 1.165) is 12.8 Å². The van der Waals surface area contributed by atoms with Crippen LogP contribution in [0, 0.1) is 29.6 Å². The minimum Gasteiger partial charge on any atom is -0.461 e. The van der Waals surface area contributed by atoms with Crippen LogP contribution in [0.2, 0.25) is 0 Å². The third-order valence-corrected chi connectivity index (χ3v) is 5.77. The second-order valence-corrected chi connectivity index (χ2v) is 7.15. The Morgan fingerprint density at radius 3 is 2.76 bits per heavy atom. The fourth-order valence-corrected chi connectivity index (χ4v) is 4.63. The van der Waals surface area contributed by atoms with E-state index >= 15 is 0 Å². The number of allylic oxidation sites excluding steroid dienone is 1. The zero-order valence-corrected chi connectivity index (χ0v) is 13.2. The van der Waals surface area contributed by atoms with Gasteiger partial charge >= 0.3 is 11.9 Å². The first-order valence-corrected chi connectivity index (χ1v) is 7.92. The van der Waals surface area contributed by atoms with Gasteiger partial charge in [-0.15, -0.1) is 0 Å². The highest BCUT2D eigenvalue weighted by atomic mass is 16.6. The smallest absolute Gasteiger partial charge is 0.309 e. The quantitative estimate of drug-likeness (QED) is 0.551. The van der Waals surface area contributed by atoms with E-state index in [0.29, 0.717) is 5.92 Å². The average Bonchev–Trinajstić information content (AvgIpc) is 2.85. The lowest BCUT2D eigenvalue weighted by atomic mass is 9.75. The largest absolute Gasteiger partial charge is 0.461 e. The maximum Gasteiger partial charge on any atom is 0.309 e. The van der Waals surface area contributed by atoms with Gasteiger partial charge in [-0.25, -0.2) is 0 Å². The Hall–Kier alpha value is -1.32. The predicted octanol–water partition coefficient (Wildman–Crippen LogP) is 2.72. The summed E-state index contributed by atoms with van der Waals surface area (Å²) in [4.78, 5) is 23.5. The van der Waals surface area contributed by atoms with Crippen LogP contribution >= 0.6 is 0 Å². The van der Waals surface area contributed by atoms with E-state index in [4.69, 9.17) is 9.47 Å². The molecule has 3 rings (SSSR count). The molecule has 0 radical (unpaired) electrons. The molecule has 4 heteroatoms. The number of ether oxygens (including phenoxy) is 2. The van der Waals surface area contributed by atoms with E-state index in [2.05, 4.69) is 19.1 Å². The molecule has 116 valence electrons. The van der Waals surface area contributed by atoms with Crippen LogP contribution < -0.4 is 0 Å². The Balaban J connectivity index is 1.96. The van der Waals surface area contributed by atoms with Crippen LogP contribution in [-0.2, 0) is 19.1 Å². The van der Waals surface area contributed by atoms with Crippen LogP contribution in [-0.4, -0.2) is 23.6 Å². The van der Waals surface area contributed by atoms with E-state index in [-0.39, 0.29) is 41.7 Å². The number of hydrogen-bond donors (Lipinski definition) is 0. The second kappa shape index (κ2) is 4.85. The molecule has 1 saturated heterocycles. The molecular formula is C17H24O4. The number of carbonyl (C=O) groups is 2. The molecule has 1 heterocycles. The molecule has 0 spiro atoms. The van der Waals surface area contributed by atoms with Crippen molar-refractivity contribution in [1.82, 2.24) is 0 Å². The highest BCUT2D eigenvalue weighted by Gasteiger charge is 2.57. The third kappa shape index (κ3) is 2.19. The second-order valence-electron chi connectivity index (χ2n) is 7.15. The first-order chi connectivity index (χ1) is 9.83. The van der Waals surface area contributed by atoms with Crippen LogP contribution in [0.1, 0.15) is 40.5 Å². The Morgan fingerprint density at radius 1 is 1.38 bits per heavy atom. The number of fused-ring (bicyclic) bond motifs is 3. The number of hydrogen-bond acceptors (Lipinski definition) is 4. The summed E-state index contributed by atoms with van der Waals surface area (Å²) in [7, 11) is 0. The van der Waals surface area contributed by atoms with E-state index in [1.165, 1.54) is 6.92 Å². The van der Waals surface area contributed by atoms with Crippen LogP contribution in [0.5, 0.6) is 0 Å². The van der Waals surface area contributed by atoms with Crippen molar-refractivity contribution in [3.8, 4) is 0 Å². The SMILES string of the molecule is CC(=O)O[C@]1(C)CC[C@@H]2[C@H](OC(=O)[C@H]2C)[C@H]2[C@H](C)C=C[C@H]21. The van der Waals surface area contributed by atoms with Gasteiger partial charge in [-0.1, -0.05) is 26.0 Å². The lowest BCUT2D eigenvalue weighted by Gasteiger charge is -2.38. The van der Waals surface area contributed by atoms with Gasteiger partial charge in [0.1, 0.15) is 11.7 Å². The average molecular weight is 292 g/mol. The predicted molar refractivity (Wildman–Crippen MR) is 77.2 cm³/mol. The number of esters is 2. The van der Waals surface area contributed by atoms with Crippen molar-refractivity contribution in [1.29, 1.82) is 0 Å². The van der Waals surface area contributed by atoms with Gasteiger partial charge in [0.25, 0.3) is 0 Å². The lowest BCUT2D eigenvalue weighted by molar-refractivity contribution is -0.164. The zero-order chi connectivity index (χ0) is 15.4. The minimum absolute atomic E-state index is 0.0418. The minimum atomic E-state index is -0.492. The van der Waals surface area contributed by atoms with E-state index in [1.807, 2.05) is 13.8 Å². The molecule has 2 aliphatic carbocycles. The Morgan fingerprint density at radius 2 is 2.10 bits per heavy atom. The van der Waals surface area contributed by atoms with Crippen LogP contribution in [0.15, 0.2) is 12.2 Å². The first-order valence-electron chi connectivity index (χ1n) is 7.92. The molecule has 3 aliphatic rings. The Kier molecular flexibility index (Phi) is 3.38. The highest BCUT2D eigenvalue weighted by Crippen LogP contribution is 2.52. The van der Waals surface area contributed by atoms with Crippen molar-refractivity contribution in [3.63, 3.8) is 0 Å². The number of carbonyl (C=O) groups excluding carboxylic acids is 2. The van der Waals surface area contributed by atoms with E-state index in [9.17, 15) is 9.59 Å². The monoisotopic (exact) mass is 292 g/mol. The normalized spacial score (nSPS) is 48.3. The molecule has 2 fully saturated rings. The van der Waals surface area contributed by atoms with Crippen molar-refractivity contribution in [2.45, 2.75) is 52.2 Å². The first kappa shape index (κ1) is 14.6. The van der Waals surface area contributed by atoms with Gasteiger partial charge in [0, 0.05) is 24.7 Å². The molecule has 0 aromatic carbocycles. The van der Waals surface area contributed by atoms with Gasteiger partial charge in [0.05, 0.1) is 5.92 Å². The van der Waals surface area contributed by atoms with Crippen molar-refractivity contribution in [3.05, 3.63) is 12.2 Å². The van der Waals surface area contributed by atoms with Gasteiger partial charge in [-0.05, 0) is 25.7 Å². The summed E-state index contributed by atoms with van der Waals surface area (Å²) in [6.45, 7) is 7.62. The summed E-state index contributed by atoms with van der Waals surface area (Å²) < 4.78 is 11.4. The van der Waals surface area contributed by atoms with Crippen LogP contribution in [0.25, 0.3) is 0 Å². The maximum absolute atomic E-state index is 12.0. The molecule has 0 N–H and O–H groups in total. The summed E-state index contributed by atoms with van der Waals surface area (Å²) in [6.07, 6.45) is 5.95. The van der Waals surface area contributed by atoms with Gasteiger partial charge in [-0.3, -0.25) is 9.59 Å². The summed E-state index contributed by atoms with van der Waals surface area (Å²) in [6, 6.07) is 0. The maximum atomic E-state index is 12.0. The van der Waals surface area contributed by atoms with Gasteiger partial charge in [-0.2, -0.15) is 0 Å². The molecule has 1 aliphatic heterocycles. The van der Waals surface area contributed by atoms with E-state index in [1.54, 1.807) is 0 Å². The molecule has 0 amide bonds. The Bertz CT molecular complexity index is 497. The fourth-order valence-electron chi connectivity index (χ4n) is 4.63. The van der Waals surface area contributed by atoms with Crippen molar-refractivity contribution >= 4 is 11.9 Å². The molecular weight excluding hydrogens is 268 g/mol. The number of rotatable bonds is 1. The van der Waals surface area contributed by atoms with Gasteiger partial charge in [0.2, 0.25) is 0 Å². The molecule has 4 nitrogen and oxygen atoms in total. The standard InChI is InChI=1S/C17H24O4/c1-9-5-6-13-14(9)15-12(10(2)16(19)20-15)7-8-17(13,4)21-11(3)18/h5-6,9-10,12-15H,7-8H2,1-4H3/t9-,10+,12+,13-,14+,15+,17-/m1/s1. The summed E-state index contributed by atoms with van der Waals surface area (Å²) in [5.74, 6) is 0.571. The molecule has 7 atom stereocenters. The van der Waals surface area contributed by atoms with Crippen LogP contribution in [0.4, 0.5) is 0 Å². The van der Waals surface area contributed by atoms with E-state index < -0.39 is 5.60 Å². The summed E-state index contributed by atoms with van der Waals surface area (Å²) in [5, 5.41) is 0.